The van der Waals surface area contributed by atoms with Crippen LogP contribution in [0.2, 0.25) is 5.02 Å². The minimum absolute atomic E-state index is 0.0262. The van der Waals surface area contributed by atoms with Crippen molar-refractivity contribution in [3.05, 3.63) is 107 Å². The number of sulfonamides is 1. The van der Waals surface area contributed by atoms with Crippen molar-refractivity contribution in [1.82, 2.24) is 10.2 Å². The van der Waals surface area contributed by atoms with Gasteiger partial charge in [-0.2, -0.15) is 0 Å². The third kappa shape index (κ3) is 9.86. The number of ether oxygens (including phenoxy) is 4. The fourth-order valence-corrected chi connectivity index (χ4v) is 7.02. The molecule has 272 valence electrons. The summed E-state index contributed by atoms with van der Waals surface area (Å²) in [5.41, 5.74) is 1.52. The zero-order valence-corrected chi connectivity index (χ0v) is 31.2. The van der Waals surface area contributed by atoms with Crippen molar-refractivity contribution in [1.29, 1.82) is 0 Å². The number of amides is 2. The SMILES string of the molecule is COc1cccc(CN(C(=O)CN(c2cc(Cl)ccc2OC)S(=O)(=O)c2ccc(OC)c(OC)c2)C(Cc2ccccc2)C(=O)NCC(C)C)c1. The molecule has 0 aliphatic heterocycles. The van der Waals surface area contributed by atoms with Gasteiger partial charge in [-0.15, -0.1) is 0 Å². The van der Waals surface area contributed by atoms with Gasteiger partial charge in [-0.1, -0.05) is 67.9 Å². The molecule has 11 nitrogen and oxygen atoms in total. The summed E-state index contributed by atoms with van der Waals surface area (Å²) in [6.45, 7) is 3.59. The van der Waals surface area contributed by atoms with Crippen LogP contribution in [0.15, 0.2) is 95.9 Å². The molecule has 2 amide bonds. The summed E-state index contributed by atoms with van der Waals surface area (Å²) >= 11 is 6.41. The molecule has 51 heavy (non-hydrogen) atoms. The Morgan fingerprint density at radius 3 is 2.08 bits per heavy atom. The Kier molecular flexibility index (Phi) is 13.6. The highest BCUT2D eigenvalue weighted by atomic mass is 35.5. The van der Waals surface area contributed by atoms with E-state index in [9.17, 15) is 18.0 Å². The lowest BCUT2D eigenvalue weighted by Gasteiger charge is -2.34. The van der Waals surface area contributed by atoms with Crippen LogP contribution in [0.1, 0.15) is 25.0 Å². The summed E-state index contributed by atoms with van der Waals surface area (Å²) in [4.78, 5) is 30.1. The second-order valence-electron chi connectivity index (χ2n) is 12.1. The fraction of sp³-hybridized carbons (Fsp3) is 0.316. The van der Waals surface area contributed by atoms with E-state index < -0.39 is 28.5 Å². The van der Waals surface area contributed by atoms with Crippen LogP contribution in [-0.2, 0) is 32.6 Å². The van der Waals surface area contributed by atoms with E-state index in [1.807, 2.05) is 50.2 Å². The van der Waals surface area contributed by atoms with Crippen LogP contribution >= 0.6 is 11.6 Å². The van der Waals surface area contributed by atoms with Gasteiger partial charge in [0.05, 0.1) is 39.0 Å². The van der Waals surface area contributed by atoms with Crippen molar-refractivity contribution >= 4 is 39.1 Å². The van der Waals surface area contributed by atoms with Crippen molar-refractivity contribution in [2.45, 2.75) is 37.8 Å². The van der Waals surface area contributed by atoms with Gasteiger partial charge < -0.3 is 29.2 Å². The number of rotatable bonds is 17. The average Bonchev–Trinajstić information content (AvgIpc) is 3.14. The maximum Gasteiger partial charge on any atom is 0.265 e. The number of halogens is 1. The van der Waals surface area contributed by atoms with E-state index >= 15 is 0 Å². The Morgan fingerprint density at radius 1 is 0.765 bits per heavy atom. The number of hydrogen-bond acceptors (Lipinski definition) is 8. The van der Waals surface area contributed by atoms with Gasteiger partial charge in [-0.25, -0.2) is 8.42 Å². The Hall–Kier alpha value is -4.94. The molecular formula is C38H44ClN3O8S. The maximum absolute atomic E-state index is 14.8. The van der Waals surface area contributed by atoms with Gasteiger partial charge in [-0.3, -0.25) is 13.9 Å². The monoisotopic (exact) mass is 737 g/mol. The third-order valence-corrected chi connectivity index (χ3v) is 10.1. The topological polar surface area (TPSA) is 124 Å². The largest absolute Gasteiger partial charge is 0.497 e. The van der Waals surface area contributed by atoms with Crippen molar-refractivity contribution in [2.75, 3.05) is 45.8 Å². The number of anilines is 1. The third-order valence-electron chi connectivity index (χ3n) is 8.07. The van der Waals surface area contributed by atoms with Crippen LogP contribution in [0.5, 0.6) is 23.0 Å². The summed E-state index contributed by atoms with van der Waals surface area (Å²) in [5.74, 6) is 0.331. The second kappa shape index (κ2) is 17.8. The Bertz CT molecular complexity index is 1910. The lowest BCUT2D eigenvalue weighted by molar-refractivity contribution is -0.140. The molecule has 0 aromatic heterocycles. The van der Waals surface area contributed by atoms with Gasteiger partial charge in [0.1, 0.15) is 24.1 Å². The highest BCUT2D eigenvalue weighted by molar-refractivity contribution is 7.92. The first-order valence-corrected chi connectivity index (χ1v) is 18.1. The number of benzene rings is 4. The molecule has 1 unspecified atom stereocenters. The van der Waals surface area contributed by atoms with E-state index in [1.165, 1.54) is 63.7 Å². The normalized spacial score (nSPS) is 11.8. The zero-order chi connectivity index (χ0) is 37.1. The number of methoxy groups -OCH3 is 4. The quantitative estimate of drug-likeness (QED) is 0.140. The molecular weight excluding hydrogens is 694 g/mol. The fourth-order valence-electron chi connectivity index (χ4n) is 5.42. The van der Waals surface area contributed by atoms with Crippen LogP contribution in [0.4, 0.5) is 5.69 Å². The van der Waals surface area contributed by atoms with Gasteiger partial charge in [0.25, 0.3) is 10.0 Å². The summed E-state index contributed by atoms with van der Waals surface area (Å²) in [5, 5.41) is 3.20. The van der Waals surface area contributed by atoms with E-state index in [0.717, 1.165) is 9.87 Å². The first-order valence-electron chi connectivity index (χ1n) is 16.2. The van der Waals surface area contributed by atoms with Crippen molar-refractivity contribution in [3.8, 4) is 23.0 Å². The molecule has 0 radical (unpaired) electrons. The molecule has 0 spiro atoms. The summed E-state index contributed by atoms with van der Waals surface area (Å²) in [6.07, 6.45) is 0.170. The number of nitrogens with one attached hydrogen (secondary N) is 1. The molecule has 4 aromatic rings. The van der Waals surface area contributed by atoms with Crippen LogP contribution < -0.4 is 28.6 Å². The van der Waals surface area contributed by atoms with Crippen LogP contribution in [0, 0.1) is 5.92 Å². The molecule has 0 saturated heterocycles. The number of hydrogen-bond donors (Lipinski definition) is 1. The predicted octanol–water partition coefficient (Wildman–Crippen LogP) is 5.98. The molecule has 4 aromatic carbocycles. The predicted molar refractivity (Wildman–Crippen MR) is 197 cm³/mol. The zero-order valence-electron chi connectivity index (χ0n) is 29.6. The summed E-state index contributed by atoms with van der Waals surface area (Å²) in [6, 6.07) is 24.1. The Labute approximate surface area is 305 Å². The van der Waals surface area contributed by atoms with Gasteiger partial charge in [0.15, 0.2) is 11.5 Å². The molecule has 0 saturated carbocycles. The molecule has 0 fully saturated rings. The van der Waals surface area contributed by atoms with Gasteiger partial charge in [0, 0.05) is 30.6 Å². The van der Waals surface area contributed by atoms with Crippen LogP contribution in [-0.4, -0.2) is 72.7 Å². The standard InChI is InChI=1S/C38H44ClN3O8S/c1-26(2)23-40-38(44)33(20-27-11-8-7-9-12-27)41(24-28-13-10-14-30(19-28)47-3)37(43)25-42(32-21-29(39)15-17-34(32)48-4)51(45,46)31-16-18-35(49-5)36(22-31)50-6/h7-19,21-22,26,33H,20,23-25H2,1-6H3,(H,40,44). The van der Waals surface area contributed by atoms with Gasteiger partial charge in [-0.05, 0) is 59.5 Å². The maximum atomic E-state index is 14.8. The lowest BCUT2D eigenvalue weighted by Crippen LogP contribution is -2.53. The van der Waals surface area contributed by atoms with Gasteiger partial charge >= 0.3 is 0 Å². The first kappa shape index (κ1) is 38.9. The molecule has 0 heterocycles. The summed E-state index contributed by atoms with van der Waals surface area (Å²) in [7, 11) is 1.25. The van der Waals surface area contributed by atoms with E-state index in [1.54, 1.807) is 24.3 Å². The molecule has 1 atom stereocenters. The van der Waals surface area contributed by atoms with Crippen molar-refractivity contribution < 1.29 is 37.0 Å². The van der Waals surface area contributed by atoms with E-state index in [4.69, 9.17) is 30.5 Å². The van der Waals surface area contributed by atoms with Crippen LogP contribution in [0.3, 0.4) is 0 Å². The smallest absolute Gasteiger partial charge is 0.265 e. The van der Waals surface area contributed by atoms with E-state index in [-0.39, 0.29) is 51.9 Å². The molecule has 0 aliphatic rings. The molecule has 0 aliphatic carbocycles. The first-order chi connectivity index (χ1) is 24.4. The lowest BCUT2D eigenvalue weighted by atomic mass is 10.0. The van der Waals surface area contributed by atoms with Crippen molar-refractivity contribution in [2.24, 2.45) is 5.92 Å². The number of nitrogens with zero attached hydrogens (tertiary/aromatic N) is 2. The highest BCUT2D eigenvalue weighted by Crippen LogP contribution is 2.37. The molecule has 0 bridgehead atoms. The van der Waals surface area contributed by atoms with Gasteiger partial charge in [0.2, 0.25) is 11.8 Å². The highest BCUT2D eigenvalue weighted by Gasteiger charge is 2.36. The van der Waals surface area contributed by atoms with Crippen LogP contribution in [0.25, 0.3) is 0 Å². The number of carbonyl (C=O) groups is 2. The molecule has 4 rings (SSSR count). The van der Waals surface area contributed by atoms with E-state index in [2.05, 4.69) is 5.32 Å². The molecule has 1 N–H and O–H groups in total. The summed E-state index contributed by atoms with van der Waals surface area (Å²) < 4.78 is 51.9. The minimum atomic E-state index is -4.51. The number of carbonyl (C=O) groups excluding carboxylic acids is 2. The average molecular weight is 738 g/mol. The Morgan fingerprint density at radius 2 is 1.43 bits per heavy atom. The van der Waals surface area contributed by atoms with Crippen molar-refractivity contribution in [3.63, 3.8) is 0 Å². The minimum Gasteiger partial charge on any atom is -0.497 e. The Balaban J connectivity index is 1.89. The van der Waals surface area contributed by atoms with E-state index in [0.29, 0.717) is 23.6 Å². The second-order valence-corrected chi connectivity index (χ2v) is 14.4. The molecule has 13 heteroatoms.